The van der Waals surface area contributed by atoms with Crippen molar-refractivity contribution in [1.29, 1.82) is 0 Å². The average molecular weight is 218 g/mol. The number of hydrogen-bond acceptors (Lipinski definition) is 3. The van der Waals surface area contributed by atoms with Crippen molar-refractivity contribution < 1.29 is 9.00 Å². The molecule has 0 aliphatic rings. The highest BCUT2D eigenvalue weighted by atomic mass is 32.2. The smallest absolute Gasteiger partial charge is 0.237 e. The SMILES string of the molecule is C=CCNC(=O)C(C)NCCS(C)=O. The molecule has 0 aliphatic heterocycles. The summed E-state index contributed by atoms with van der Waals surface area (Å²) >= 11 is 0. The lowest BCUT2D eigenvalue weighted by molar-refractivity contribution is -0.122. The number of nitrogens with one attached hydrogen (secondary N) is 2. The minimum atomic E-state index is -0.811. The Morgan fingerprint density at radius 3 is 2.79 bits per heavy atom. The fourth-order valence-electron chi connectivity index (χ4n) is 0.838. The largest absolute Gasteiger partial charge is 0.351 e. The van der Waals surface area contributed by atoms with Gasteiger partial charge in [0.15, 0.2) is 0 Å². The summed E-state index contributed by atoms with van der Waals surface area (Å²) in [6, 6.07) is -0.251. The first-order chi connectivity index (χ1) is 6.57. The van der Waals surface area contributed by atoms with E-state index in [0.29, 0.717) is 18.8 Å². The fourth-order valence-corrected chi connectivity index (χ4v) is 1.24. The molecule has 4 nitrogen and oxygen atoms in total. The maximum atomic E-state index is 11.3. The van der Waals surface area contributed by atoms with Crippen LogP contribution in [0.5, 0.6) is 0 Å². The monoisotopic (exact) mass is 218 g/mol. The van der Waals surface area contributed by atoms with Crippen LogP contribution in [0.4, 0.5) is 0 Å². The number of carbonyl (C=O) groups is 1. The van der Waals surface area contributed by atoms with E-state index < -0.39 is 10.8 Å². The Bertz CT molecular complexity index is 219. The molecule has 0 aliphatic carbocycles. The van der Waals surface area contributed by atoms with Gasteiger partial charge in [0, 0.05) is 35.9 Å². The summed E-state index contributed by atoms with van der Waals surface area (Å²) in [4.78, 5) is 11.3. The molecule has 0 aromatic carbocycles. The molecule has 0 fully saturated rings. The zero-order valence-corrected chi connectivity index (χ0v) is 9.52. The van der Waals surface area contributed by atoms with Crippen molar-refractivity contribution >= 4 is 16.7 Å². The highest BCUT2D eigenvalue weighted by molar-refractivity contribution is 7.84. The van der Waals surface area contributed by atoms with E-state index in [0.717, 1.165) is 0 Å². The molecule has 0 saturated carbocycles. The van der Waals surface area contributed by atoms with Gasteiger partial charge in [-0.2, -0.15) is 0 Å². The first-order valence-electron chi connectivity index (χ1n) is 4.50. The minimum absolute atomic E-state index is 0.0632. The van der Waals surface area contributed by atoms with Crippen molar-refractivity contribution in [3.63, 3.8) is 0 Å². The van der Waals surface area contributed by atoms with Gasteiger partial charge in [0.05, 0.1) is 6.04 Å². The fraction of sp³-hybridized carbons (Fsp3) is 0.667. The van der Waals surface area contributed by atoms with Crippen LogP contribution in [0.15, 0.2) is 12.7 Å². The minimum Gasteiger partial charge on any atom is -0.351 e. The molecule has 0 saturated heterocycles. The van der Waals surface area contributed by atoms with Gasteiger partial charge in [-0.3, -0.25) is 9.00 Å². The van der Waals surface area contributed by atoms with Gasteiger partial charge in [-0.15, -0.1) is 6.58 Å². The van der Waals surface area contributed by atoms with Crippen LogP contribution in [0.1, 0.15) is 6.92 Å². The van der Waals surface area contributed by atoms with Gasteiger partial charge < -0.3 is 10.6 Å². The number of amides is 1. The third-order valence-electron chi connectivity index (χ3n) is 1.65. The van der Waals surface area contributed by atoms with E-state index in [4.69, 9.17) is 0 Å². The van der Waals surface area contributed by atoms with Crippen molar-refractivity contribution in [2.45, 2.75) is 13.0 Å². The summed E-state index contributed by atoms with van der Waals surface area (Å²) < 4.78 is 10.7. The molecule has 0 heterocycles. The van der Waals surface area contributed by atoms with Crippen molar-refractivity contribution in [3.05, 3.63) is 12.7 Å². The van der Waals surface area contributed by atoms with Gasteiger partial charge in [-0.05, 0) is 6.92 Å². The molecule has 0 aromatic rings. The van der Waals surface area contributed by atoms with E-state index >= 15 is 0 Å². The second kappa shape index (κ2) is 7.70. The Morgan fingerprint density at radius 2 is 2.29 bits per heavy atom. The molecule has 0 spiro atoms. The molecule has 14 heavy (non-hydrogen) atoms. The maximum Gasteiger partial charge on any atom is 0.237 e. The predicted octanol–water partition coefficient (Wildman–Crippen LogP) is -0.355. The molecule has 2 N–H and O–H groups in total. The number of rotatable bonds is 7. The predicted molar refractivity (Wildman–Crippen MR) is 59.6 cm³/mol. The van der Waals surface area contributed by atoms with Crippen LogP contribution in [-0.2, 0) is 15.6 Å². The van der Waals surface area contributed by atoms with E-state index in [2.05, 4.69) is 17.2 Å². The van der Waals surface area contributed by atoms with Gasteiger partial charge in [0.2, 0.25) is 5.91 Å². The zero-order chi connectivity index (χ0) is 11.0. The lowest BCUT2D eigenvalue weighted by Crippen LogP contribution is -2.43. The zero-order valence-electron chi connectivity index (χ0n) is 8.71. The number of hydrogen-bond donors (Lipinski definition) is 2. The summed E-state index contributed by atoms with van der Waals surface area (Å²) in [5, 5.41) is 5.66. The Morgan fingerprint density at radius 1 is 1.64 bits per heavy atom. The summed E-state index contributed by atoms with van der Waals surface area (Å²) in [5.41, 5.74) is 0. The molecule has 2 unspecified atom stereocenters. The first kappa shape index (κ1) is 13.3. The van der Waals surface area contributed by atoms with E-state index in [-0.39, 0.29) is 11.9 Å². The average Bonchev–Trinajstić information content (AvgIpc) is 2.13. The summed E-state index contributed by atoms with van der Waals surface area (Å²) in [6.07, 6.45) is 3.27. The van der Waals surface area contributed by atoms with Crippen LogP contribution in [0.3, 0.4) is 0 Å². The van der Waals surface area contributed by atoms with Crippen LogP contribution in [-0.4, -0.2) is 41.3 Å². The maximum absolute atomic E-state index is 11.3. The van der Waals surface area contributed by atoms with E-state index in [1.807, 2.05) is 0 Å². The third kappa shape index (κ3) is 6.80. The van der Waals surface area contributed by atoms with Crippen molar-refractivity contribution in [1.82, 2.24) is 10.6 Å². The molecular formula is C9H18N2O2S. The molecule has 2 atom stereocenters. The van der Waals surface area contributed by atoms with E-state index in [1.54, 1.807) is 19.3 Å². The second-order valence-electron chi connectivity index (χ2n) is 2.99. The van der Waals surface area contributed by atoms with Crippen LogP contribution in [0.2, 0.25) is 0 Å². The van der Waals surface area contributed by atoms with Crippen LogP contribution >= 0.6 is 0 Å². The molecule has 5 heteroatoms. The Balaban J connectivity index is 3.61. The van der Waals surface area contributed by atoms with Gasteiger partial charge >= 0.3 is 0 Å². The molecule has 0 rings (SSSR count). The first-order valence-corrected chi connectivity index (χ1v) is 6.22. The van der Waals surface area contributed by atoms with Crippen LogP contribution in [0, 0.1) is 0 Å². The van der Waals surface area contributed by atoms with E-state index in [9.17, 15) is 9.00 Å². The van der Waals surface area contributed by atoms with Crippen molar-refractivity contribution in [2.24, 2.45) is 0 Å². The standard InChI is InChI=1S/C9H18N2O2S/c1-4-5-11-9(12)8(2)10-6-7-14(3)13/h4,8,10H,1,5-7H2,2-3H3,(H,11,12). The van der Waals surface area contributed by atoms with Crippen molar-refractivity contribution in [3.8, 4) is 0 Å². The third-order valence-corrected chi connectivity index (χ3v) is 2.43. The Hall–Kier alpha value is -0.680. The quantitative estimate of drug-likeness (QED) is 0.574. The topological polar surface area (TPSA) is 58.2 Å². The van der Waals surface area contributed by atoms with Gasteiger partial charge in [0.1, 0.15) is 0 Å². The normalized spacial score (nSPS) is 14.4. The highest BCUT2D eigenvalue weighted by Gasteiger charge is 2.09. The molecule has 0 radical (unpaired) electrons. The number of carbonyl (C=O) groups excluding carboxylic acids is 1. The highest BCUT2D eigenvalue weighted by Crippen LogP contribution is 1.82. The van der Waals surface area contributed by atoms with E-state index in [1.165, 1.54) is 0 Å². The lowest BCUT2D eigenvalue weighted by Gasteiger charge is -2.12. The lowest BCUT2D eigenvalue weighted by atomic mass is 10.3. The summed E-state index contributed by atoms with van der Waals surface area (Å²) in [6.45, 7) is 6.34. The van der Waals surface area contributed by atoms with Crippen LogP contribution in [0.25, 0.3) is 0 Å². The van der Waals surface area contributed by atoms with Gasteiger partial charge in [-0.1, -0.05) is 6.08 Å². The molecule has 1 amide bonds. The van der Waals surface area contributed by atoms with Gasteiger partial charge in [0.25, 0.3) is 0 Å². The molecule has 82 valence electrons. The van der Waals surface area contributed by atoms with Gasteiger partial charge in [-0.25, -0.2) is 0 Å². The summed E-state index contributed by atoms with van der Waals surface area (Å²) in [7, 11) is -0.811. The molecule has 0 aromatic heterocycles. The Labute approximate surface area is 87.6 Å². The summed E-state index contributed by atoms with van der Waals surface area (Å²) in [5.74, 6) is 0.505. The molecule has 0 bridgehead atoms. The molecular weight excluding hydrogens is 200 g/mol. The Kier molecular flexibility index (Phi) is 7.32. The second-order valence-corrected chi connectivity index (χ2v) is 4.54. The van der Waals surface area contributed by atoms with Crippen LogP contribution < -0.4 is 10.6 Å². The van der Waals surface area contributed by atoms with Crippen molar-refractivity contribution in [2.75, 3.05) is 25.1 Å².